The van der Waals surface area contributed by atoms with Gasteiger partial charge in [-0.1, -0.05) is 42.0 Å². The first kappa shape index (κ1) is 14.1. The maximum atomic E-state index is 12.3. The van der Waals surface area contributed by atoms with Crippen LogP contribution in [0.3, 0.4) is 0 Å². The standard InChI is InChI=1S/C17H18O3/c1-12-8-10-14(11-9-12)17(18)13(2)20-16-7-5-4-6-15(16)19-3/h4-11,13H,1-3H3. The van der Waals surface area contributed by atoms with Crippen LogP contribution in [0, 0.1) is 6.92 Å². The van der Waals surface area contributed by atoms with Crippen LogP contribution in [0.1, 0.15) is 22.8 Å². The fourth-order valence-corrected chi connectivity index (χ4v) is 1.91. The molecule has 0 aliphatic carbocycles. The average Bonchev–Trinajstić information content (AvgIpc) is 2.48. The predicted octanol–water partition coefficient (Wildman–Crippen LogP) is 3.65. The van der Waals surface area contributed by atoms with E-state index in [-0.39, 0.29) is 5.78 Å². The molecule has 0 N–H and O–H groups in total. The van der Waals surface area contributed by atoms with Gasteiger partial charge in [0.1, 0.15) is 0 Å². The Balaban J connectivity index is 2.13. The maximum Gasteiger partial charge on any atom is 0.202 e. The molecule has 1 atom stereocenters. The summed E-state index contributed by atoms with van der Waals surface area (Å²) in [7, 11) is 1.58. The third kappa shape index (κ3) is 3.18. The van der Waals surface area contributed by atoms with E-state index in [1.165, 1.54) is 0 Å². The minimum Gasteiger partial charge on any atom is -0.493 e. The molecule has 3 nitrogen and oxygen atoms in total. The second-order valence-electron chi connectivity index (χ2n) is 4.64. The molecule has 0 heterocycles. The minimum atomic E-state index is -0.561. The summed E-state index contributed by atoms with van der Waals surface area (Å²) in [6, 6.07) is 14.8. The van der Waals surface area contributed by atoms with Gasteiger partial charge in [-0.05, 0) is 26.0 Å². The van der Waals surface area contributed by atoms with Gasteiger partial charge < -0.3 is 9.47 Å². The van der Waals surface area contributed by atoms with E-state index in [4.69, 9.17) is 9.47 Å². The molecule has 0 fully saturated rings. The molecule has 0 saturated carbocycles. The molecule has 2 aromatic rings. The lowest BCUT2D eigenvalue weighted by molar-refractivity contribution is 0.0814. The quantitative estimate of drug-likeness (QED) is 0.778. The Kier molecular flexibility index (Phi) is 4.41. The summed E-state index contributed by atoms with van der Waals surface area (Å²) in [6.07, 6.45) is -0.561. The van der Waals surface area contributed by atoms with Crippen molar-refractivity contribution in [2.75, 3.05) is 7.11 Å². The molecule has 2 rings (SSSR count). The fraction of sp³-hybridized carbons (Fsp3) is 0.235. The smallest absolute Gasteiger partial charge is 0.202 e. The van der Waals surface area contributed by atoms with Gasteiger partial charge in [-0.2, -0.15) is 0 Å². The molecule has 0 amide bonds. The van der Waals surface area contributed by atoms with Crippen molar-refractivity contribution >= 4 is 5.78 Å². The average molecular weight is 270 g/mol. The number of hydrogen-bond acceptors (Lipinski definition) is 3. The summed E-state index contributed by atoms with van der Waals surface area (Å²) in [4.78, 5) is 12.3. The van der Waals surface area contributed by atoms with E-state index >= 15 is 0 Å². The Morgan fingerprint density at radius 3 is 2.20 bits per heavy atom. The third-order valence-electron chi connectivity index (χ3n) is 3.08. The van der Waals surface area contributed by atoms with Gasteiger partial charge >= 0.3 is 0 Å². The molecule has 104 valence electrons. The van der Waals surface area contributed by atoms with E-state index in [2.05, 4.69) is 0 Å². The van der Waals surface area contributed by atoms with Crippen LogP contribution in [0.15, 0.2) is 48.5 Å². The Bertz CT molecular complexity index is 587. The third-order valence-corrected chi connectivity index (χ3v) is 3.08. The lowest BCUT2D eigenvalue weighted by atomic mass is 10.1. The Morgan fingerprint density at radius 1 is 1.00 bits per heavy atom. The Labute approximate surface area is 119 Å². The molecular weight excluding hydrogens is 252 g/mol. The molecular formula is C17H18O3. The number of ether oxygens (including phenoxy) is 2. The predicted molar refractivity (Wildman–Crippen MR) is 78.6 cm³/mol. The van der Waals surface area contributed by atoms with E-state index in [1.807, 2.05) is 43.3 Å². The summed E-state index contributed by atoms with van der Waals surface area (Å²) in [5, 5.41) is 0. The van der Waals surface area contributed by atoms with Crippen molar-refractivity contribution in [3.8, 4) is 11.5 Å². The van der Waals surface area contributed by atoms with Crippen molar-refractivity contribution in [1.29, 1.82) is 0 Å². The lowest BCUT2D eigenvalue weighted by Gasteiger charge is -2.16. The highest BCUT2D eigenvalue weighted by molar-refractivity contribution is 5.99. The topological polar surface area (TPSA) is 35.5 Å². The van der Waals surface area contributed by atoms with Crippen LogP contribution in [0.4, 0.5) is 0 Å². The zero-order valence-corrected chi connectivity index (χ0v) is 11.9. The molecule has 0 bridgehead atoms. The molecule has 0 aliphatic rings. The van der Waals surface area contributed by atoms with Gasteiger partial charge in [0.25, 0.3) is 0 Å². The normalized spacial score (nSPS) is 11.8. The van der Waals surface area contributed by atoms with Crippen LogP contribution in [-0.4, -0.2) is 19.0 Å². The molecule has 0 aliphatic heterocycles. The number of aryl methyl sites for hydroxylation is 1. The Morgan fingerprint density at radius 2 is 1.60 bits per heavy atom. The molecule has 1 unspecified atom stereocenters. The summed E-state index contributed by atoms with van der Waals surface area (Å²) < 4.78 is 10.9. The SMILES string of the molecule is COc1ccccc1OC(C)C(=O)c1ccc(C)cc1. The summed E-state index contributed by atoms with van der Waals surface area (Å²) in [6.45, 7) is 3.73. The van der Waals surface area contributed by atoms with Crippen LogP contribution in [0.2, 0.25) is 0 Å². The zero-order chi connectivity index (χ0) is 14.5. The summed E-state index contributed by atoms with van der Waals surface area (Å²) in [5.74, 6) is 1.15. The van der Waals surface area contributed by atoms with E-state index in [0.29, 0.717) is 17.1 Å². The van der Waals surface area contributed by atoms with Crippen molar-refractivity contribution in [3.05, 3.63) is 59.7 Å². The number of methoxy groups -OCH3 is 1. The molecule has 0 radical (unpaired) electrons. The number of carbonyl (C=O) groups excluding carboxylic acids is 1. The van der Waals surface area contributed by atoms with Crippen molar-refractivity contribution < 1.29 is 14.3 Å². The zero-order valence-electron chi connectivity index (χ0n) is 11.9. The van der Waals surface area contributed by atoms with Crippen molar-refractivity contribution in [2.45, 2.75) is 20.0 Å². The monoisotopic (exact) mass is 270 g/mol. The lowest BCUT2D eigenvalue weighted by Crippen LogP contribution is -2.24. The Hall–Kier alpha value is -2.29. The van der Waals surface area contributed by atoms with Gasteiger partial charge in [0, 0.05) is 5.56 Å². The van der Waals surface area contributed by atoms with Crippen LogP contribution in [0.25, 0.3) is 0 Å². The molecule has 3 heteroatoms. The van der Waals surface area contributed by atoms with Crippen LogP contribution < -0.4 is 9.47 Å². The van der Waals surface area contributed by atoms with E-state index in [0.717, 1.165) is 5.56 Å². The van der Waals surface area contributed by atoms with E-state index in [1.54, 1.807) is 26.2 Å². The largest absolute Gasteiger partial charge is 0.493 e. The minimum absolute atomic E-state index is 0.0455. The highest BCUT2D eigenvalue weighted by atomic mass is 16.5. The van der Waals surface area contributed by atoms with Gasteiger partial charge in [-0.15, -0.1) is 0 Å². The molecule has 2 aromatic carbocycles. The first-order chi connectivity index (χ1) is 9.61. The number of para-hydroxylation sites is 2. The number of hydrogen-bond donors (Lipinski definition) is 0. The fourth-order valence-electron chi connectivity index (χ4n) is 1.91. The number of Topliss-reactive ketones (excluding diaryl/α,β-unsaturated/α-hetero) is 1. The number of rotatable bonds is 5. The van der Waals surface area contributed by atoms with Crippen LogP contribution in [-0.2, 0) is 0 Å². The van der Waals surface area contributed by atoms with Gasteiger partial charge in [-0.25, -0.2) is 0 Å². The molecule has 0 spiro atoms. The van der Waals surface area contributed by atoms with Crippen molar-refractivity contribution in [2.24, 2.45) is 0 Å². The molecule has 0 saturated heterocycles. The molecule has 20 heavy (non-hydrogen) atoms. The second kappa shape index (κ2) is 6.24. The van der Waals surface area contributed by atoms with Crippen LogP contribution in [0.5, 0.6) is 11.5 Å². The summed E-state index contributed by atoms with van der Waals surface area (Å²) >= 11 is 0. The molecule has 0 aromatic heterocycles. The van der Waals surface area contributed by atoms with Crippen molar-refractivity contribution in [3.63, 3.8) is 0 Å². The first-order valence-corrected chi connectivity index (χ1v) is 6.52. The summed E-state index contributed by atoms with van der Waals surface area (Å²) in [5.41, 5.74) is 1.78. The van der Waals surface area contributed by atoms with Gasteiger partial charge in [0.2, 0.25) is 5.78 Å². The van der Waals surface area contributed by atoms with Gasteiger partial charge in [0.05, 0.1) is 7.11 Å². The van der Waals surface area contributed by atoms with E-state index in [9.17, 15) is 4.79 Å². The van der Waals surface area contributed by atoms with Crippen LogP contribution >= 0.6 is 0 Å². The van der Waals surface area contributed by atoms with Gasteiger partial charge in [0.15, 0.2) is 17.6 Å². The highest BCUT2D eigenvalue weighted by Gasteiger charge is 2.18. The number of ketones is 1. The number of carbonyl (C=O) groups is 1. The first-order valence-electron chi connectivity index (χ1n) is 6.52. The van der Waals surface area contributed by atoms with Crippen molar-refractivity contribution in [1.82, 2.24) is 0 Å². The van der Waals surface area contributed by atoms with E-state index < -0.39 is 6.10 Å². The second-order valence-corrected chi connectivity index (χ2v) is 4.64. The highest BCUT2D eigenvalue weighted by Crippen LogP contribution is 2.27. The van der Waals surface area contributed by atoms with Gasteiger partial charge in [-0.3, -0.25) is 4.79 Å². The maximum absolute atomic E-state index is 12.3. The number of benzene rings is 2.